The van der Waals surface area contributed by atoms with Crippen LogP contribution in [0.15, 0.2) is 42.5 Å². The topological polar surface area (TPSA) is 164 Å². The van der Waals surface area contributed by atoms with Gasteiger partial charge in [-0.15, -0.1) is 0 Å². The molecule has 1 atom stereocenters. The number of aryl methyl sites for hydroxylation is 1. The SMILES string of the molecule is COc1ccc(CN(CC(=O)O)C(CCCc2ccc([N+](=O)[O-])cc2)CN2CCN(CC(=O)OC(C)(C)C)CCN(CC(=O)OC(C)(C)C)CC2)c(OC)c1. The van der Waals surface area contributed by atoms with Gasteiger partial charge in [0.1, 0.15) is 22.7 Å². The van der Waals surface area contributed by atoms with Gasteiger partial charge in [0.15, 0.2) is 0 Å². The lowest BCUT2D eigenvalue weighted by Crippen LogP contribution is -2.48. The van der Waals surface area contributed by atoms with Gasteiger partial charge in [0.05, 0.1) is 38.8 Å². The first-order valence-corrected chi connectivity index (χ1v) is 18.8. The third kappa shape index (κ3) is 16.9. The maximum atomic E-state index is 13.0. The molecule has 2 aromatic rings. The molecule has 0 saturated carbocycles. The highest BCUT2D eigenvalue weighted by molar-refractivity contribution is 5.72. The van der Waals surface area contributed by atoms with E-state index in [0.29, 0.717) is 83.1 Å². The molecule has 0 aliphatic carbocycles. The number of methoxy groups -OCH3 is 2. The largest absolute Gasteiger partial charge is 0.497 e. The fourth-order valence-corrected chi connectivity index (χ4v) is 6.50. The molecule has 1 aliphatic rings. The molecule has 1 N–H and O–H groups in total. The van der Waals surface area contributed by atoms with Crippen molar-refractivity contribution in [1.82, 2.24) is 19.6 Å². The number of aliphatic carboxylic acids is 1. The Balaban J connectivity index is 1.93. The van der Waals surface area contributed by atoms with E-state index < -0.39 is 22.1 Å². The Morgan fingerprint density at radius 3 is 1.80 bits per heavy atom. The van der Waals surface area contributed by atoms with E-state index in [1.807, 2.05) is 68.4 Å². The molecule has 1 fully saturated rings. The molecular weight excluding hydrogens is 710 g/mol. The van der Waals surface area contributed by atoms with Crippen LogP contribution < -0.4 is 9.47 Å². The number of ether oxygens (including phenoxy) is 4. The second kappa shape index (κ2) is 21.1. The first-order valence-electron chi connectivity index (χ1n) is 18.8. The lowest BCUT2D eigenvalue weighted by molar-refractivity contribution is -0.384. The third-order valence-electron chi connectivity index (χ3n) is 9.08. The predicted octanol–water partition coefficient (Wildman–Crippen LogP) is 4.49. The van der Waals surface area contributed by atoms with Crippen LogP contribution in [0.4, 0.5) is 5.69 Å². The number of rotatable bonds is 18. The first-order chi connectivity index (χ1) is 25.8. The van der Waals surface area contributed by atoms with Crippen molar-refractivity contribution in [3.05, 3.63) is 63.7 Å². The van der Waals surface area contributed by atoms with E-state index in [9.17, 15) is 29.6 Å². The van der Waals surface area contributed by atoms with E-state index in [2.05, 4.69) is 4.90 Å². The van der Waals surface area contributed by atoms with Gasteiger partial charge in [0.2, 0.25) is 0 Å². The molecule has 0 aromatic heterocycles. The van der Waals surface area contributed by atoms with Crippen molar-refractivity contribution in [2.24, 2.45) is 0 Å². The second-order valence-electron chi connectivity index (χ2n) is 16.0. The minimum atomic E-state index is -0.968. The van der Waals surface area contributed by atoms with E-state index in [4.69, 9.17) is 18.9 Å². The van der Waals surface area contributed by atoms with Crippen LogP contribution in [-0.4, -0.2) is 144 Å². The first kappa shape index (κ1) is 45.1. The highest BCUT2D eigenvalue weighted by Gasteiger charge is 2.28. The maximum absolute atomic E-state index is 13.0. The number of nitrogens with zero attached hydrogens (tertiary/aromatic N) is 5. The summed E-state index contributed by atoms with van der Waals surface area (Å²) < 4.78 is 22.4. The summed E-state index contributed by atoms with van der Waals surface area (Å²) in [5.74, 6) is -0.431. The van der Waals surface area contributed by atoms with Crippen molar-refractivity contribution in [1.29, 1.82) is 0 Å². The van der Waals surface area contributed by atoms with E-state index in [0.717, 1.165) is 11.1 Å². The summed E-state index contributed by atoms with van der Waals surface area (Å²) >= 11 is 0. The molecule has 1 unspecified atom stereocenters. The molecule has 0 amide bonds. The van der Waals surface area contributed by atoms with Crippen LogP contribution in [0.5, 0.6) is 11.5 Å². The molecule has 3 rings (SSSR count). The summed E-state index contributed by atoms with van der Waals surface area (Å²) in [5, 5.41) is 21.4. The Bertz CT molecular complexity index is 1510. The smallest absolute Gasteiger partial charge is 0.320 e. The maximum Gasteiger partial charge on any atom is 0.320 e. The van der Waals surface area contributed by atoms with Gasteiger partial charge in [-0.25, -0.2) is 0 Å². The summed E-state index contributed by atoms with van der Waals surface area (Å²) in [4.78, 5) is 57.4. The van der Waals surface area contributed by atoms with Gasteiger partial charge in [-0.3, -0.25) is 44.1 Å². The summed E-state index contributed by atoms with van der Waals surface area (Å²) in [6.07, 6.45) is 1.97. The van der Waals surface area contributed by atoms with Gasteiger partial charge < -0.3 is 24.1 Å². The fourth-order valence-electron chi connectivity index (χ4n) is 6.50. The quantitative estimate of drug-likeness (QED) is 0.128. The number of carbonyl (C=O) groups is 3. The molecule has 0 radical (unpaired) electrons. The van der Waals surface area contributed by atoms with Crippen LogP contribution in [0, 0.1) is 10.1 Å². The van der Waals surface area contributed by atoms with Crippen molar-refractivity contribution in [2.75, 3.05) is 79.7 Å². The van der Waals surface area contributed by atoms with Crippen LogP contribution in [0.1, 0.15) is 65.5 Å². The average Bonchev–Trinajstić information content (AvgIpc) is 3.17. The average molecular weight is 772 g/mol. The Morgan fingerprint density at radius 2 is 1.35 bits per heavy atom. The molecule has 0 bridgehead atoms. The summed E-state index contributed by atoms with van der Waals surface area (Å²) in [6.45, 7) is 15.1. The molecule has 15 nitrogen and oxygen atoms in total. The zero-order valence-electron chi connectivity index (χ0n) is 33.9. The third-order valence-corrected chi connectivity index (χ3v) is 9.08. The normalized spacial score (nSPS) is 15.7. The number of esters is 2. The van der Waals surface area contributed by atoms with Gasteiger partial charge in [0.25, 0.3) is 5.69 Å². The molecule has 2 aromatic carbocycles. The van der Waals surface area contributed by atoms with Crippen molar-refractivity contribution < 1.29 is 43.4 Å². The minimum Gasteiger partial charge on any atom is -0.497 e. The van der Waals surface area contributed by atoms with Gasteiger partial charge in [-0.1, -0.05) is 18.2 Å². The van der Waals surface area contributed by atoms with Crippen molar-refractivity contribution in [2.45, 2.75) is 84.6 Å². The van der Waals surface area contributed by atoms with Crippen LogP contribution in [0.25, 0.3) is 0 Å². The van der Waals surface area contributed by atoms with Gasteiger partial charge in [-0.2, -0.15) is 0 Å². The Kier molecular flexibility index (Phi) is 17.3. The summed E-state index contributed by atoms with van der Waals surface area (Å²) in [7, 11) is 3.14. The second-order valence-corrected chi connectivity index (χ2v) is 16.0. The molecule has 1 aliphatic heterocycles. The Hall–Kier alpha value is -4.31. The number of nitro benzene ring substituents is 1. The van der Waals surface area contributed by atoms with Gasteiger partial charge in [-0.05, 0) is 72.4 Å². The molecule has 1 saturated heterocycles. The van der Waals surface area contributed by atoms with Crippen LogP contribution in [0.2, 0.25) is 0 Å². The monoisotopic (exact) mass is 771 g/mol. The Labute approximate surface area is 325 Å². The van der Waals surface area contributed by atoms with E-state index in [1.54, 1.807) is 32.4 Å². The molecule has 15 heteroatoms. The number of carboxylic acid groups (broad SMARTS) is 1. The number of nitro groups is 1. The molecule has 306 valence electrons. The number of carbonyl (C=O) groups excluding carboxylic acids is 2. The van der Waals surface area contributed by atoms with Crippen LogP contribution in [0.3, 0.4) is 0 Å². The van der Waals surface area contributed by atoms with Crippen molar-refractivity contribution in [3.8, 4) is 11.5 Å². The van der Waals surface area contributed by atoms with Crippen LogP contribution >= 0.6 is 0 Å². The Morgan fingerprint density at radius 1 is 0.818 bits per heavy atom. The number of hydrogen-bond acceptors (Lipinski definition) is 13. The lowest BCUT2D eigenvalue weighted by atomic mass is 10.0. The van der Waals surface area contributed by atoms with E-state index in [-0.39, 0.29) is 43.3 Å². The molecule has 0 spiro atoms. The number of benzene rings is 2. The fraction of sp³-hybridized carbons (Fsp3) is 0.625. The summed E-state index contributed by atoms with van der Waals surface area (Å²) in [6, 6.07) is 11.7. The number of carboxylic acids is 1. The molecule has 55 heavy (non-hydrogen) atoms. The minimum absolute atomic E-state index is 0.0251. The molecular formula is C40H61N5O10. The van der Waals surface area contributed by atoms with E-state index >= 15 is 0 Å². The number of non-ortho nitro benzene ring substituents is 1. The van der Waals surface area contributed by atoms with Crippen molar-refractivity contribution >= 4 is 23.6 Å². The summed E-state index contributed by atoms with van der Waals surface area (Å²) in [5.41, 5.74) is 0.517. The highest BCUT2D eigenvalue weighted by Crippen LogP contribution is 2.27. The standard InChI is InChI=1S/C40H61N5O10/c1-39(2,3)54-37(48)28-42-20-18-41(19-21-43(23-22-42)29-38(49)55-40(4,5)6)26-33(11-9-10-30-12-15-32(16-13-30)45(50)51)44(27-36(46)47)25-31-14-17-34(52-7)24-35(31)53-8/h12-17,24,33H,9-11,18-23,25-29H2,1-8H3,(H,46,47). The molecule has 1 heterocycles. The zero-order chi connectivity index (χ0) is 40.8. The van der Waals surface area contributed by atoms with Gasteiger partial charge >= 0.3 is 17.9 Å². The number of hydrogen-bond donors (Lipinski definition) is 1. The van der Waals surface area contributed by atoms with Gasteiger partial charge in [0, 0.05) is 82.2 Å². The zero-order valence-corrected chi connectivity index (χ0v) is 33.9. The lowest BCUT2D eigenvalue weighted by Gasteiger charge is -2.36. The van der Waals surface area contributed by atoms with E-state index in [1.165, 1.54) is 12.1 Å². The van der Waals surface area contributed by atoms with Crippen LogP contribution in [-0.2, 0) is 36.8 Å². The predicted molar refractivity (Wildman–Crippen MR) is 208 cm³/mol. The van der Waals surface area contributed by atoms with Crippen molar-refractivity contribution in [3.63, 3.8) is 0 Å². The highest BCUT2D eigenvalue weighted by atomic mass is 16.6.